The van der Waals surface area contributed by atoms with Crippen LogP contribution >= 0.6 is 0 Å². The van der Waals surface area contributed by atoms with Gasteiger partial charge in [0.2, 0.25) is 88.6 Å². The minimum atomic E-state index is -1.80. The predicted octanol–water partition coefficient (Wildman–Crippen LogP) is -2.30. The van der Waals surface area contributed by atoms with E-state index in [1.807, 2.05) is 26.0 Å². The fraction of sp³-hybridized carbons (Fsp3) is 0.753. The Kier molecular flexibility index (Phi) is 48.0. The number of hydrogen-bond donors (Lipinski definition) is 21. The van der Waals surface area contributed by atoms with Crippen LogP contribution in [0.15, 0.2) is 22.1 Å². The molecule has 654 valence electrons. The number of aliphatic imine (C=N–C) groups is 2. The number of primary amides is 1. The largest absolute Gasteiger partial charge is 0.370 e. The number of nitrogens with one attached hydrogen (secondary N) is 14. The van der Waals surface area contributed by atoms with Crippen molar-refractivity contribution in [2.75, 3.05) is 39.3 Å². The maximum atomic E-state index is 15.0. The van der Waals surface area contributed by atoms with Crippen molar-refractivity contribution in [3.8, 4) is 0 Å². The summed E-state index contributed by atoms with van der Waals surface area (Å²) in [5, 5.41) is 37.9. The molecule has 12 atom stereocenters. The summed E-state index contributed by atoms with van der Waals surface area (Å²) < 4.78 is 0. The minimum absolute atomic E-state index is 0.00233. The van der Waals surface area contributed by atoms with Crippen LogP contribution in [0.5, 0.6) is 0 Å². The number of hydrogen-bond acceptors (Lipinski definition) is 19. The molecule has 0 spiro atoms. The number of carbonyl (C=O) groups is 15. The summed E-state index contributed by atoms with van der Waals surface area (Å²) in [4.78, 5) is 218. The number of carbonyl (C=O) groups excluding carboxylic acids is 15. The van der Waals surface area contributed by atoms with Crippen LogP contribution in [0.3, 0.4) is 0 Å². The molecule has 1 rings (SSSR count). The van der Waals surface area contributed by atoms with Crippen LogP contribution in [0.1, 0.15) is 226 Å². The van der Waals surface area contributed by atoms with Gasteiger partial charge in [-0.1, -0.05) is 95.2 Å². The molecule has 0 aromatic carbocycles. The third-order valence-corrected chi connectivity index (χ3v) is 19.1. The van der Waals surface area contributed by atoms with Gasteiger partial charge in [0.05, 0.1) is 13.1 Å². The quantitative estimate of drug-likeness (QED) is 0.0132. The molecule has 0 bridgehead atoms. The van der Waals surface area contributed by atoms with E-state index in [1.165, 1.54) is 20.8 Å². The Morgan fingerprint density at radius 3 is 1.44 bits per heavy atom. The van der Waals surface area contributed by atoms with Gasteiger partial charge in [0.15, 0.2) is 11.9 Å². The first-order chi connectivity index (χ1) is 53.8. The van der Waals surface area contributed by atoms with Crippen molar-refractivity contribution in [2.45, 2.75) is 297 Å². The highest BCUT2D eigenvalue weighted by atomic mass is 16.2. The molecule has 1 aliphatic rings. The third kappa shape index (κ3) is 40.9. The molecule has 0 saturated heterocycles. The highest BCUT2D eigenvalue weighted by molar-refractivity contribution is 6.01. The molecule has 0 aliphatic carbocycles. The van der Waals surface area contributed by atoms with Crippen LogP contribution in [0.4, 0.5) is 0 Å². The smallest absolute Gasteiger partial charge is 0.246 e. The maximum absolute atomic E-state index is 15.0. The van der Waals surface area contributed by atoms with Gasteiger partial charge in [0.25, 0.3) is 0 Å². The first-order valence-corrected chi connectivity index (χ1v) is 40.5. The lowest BCUT2D eigenvalue weighted by Gasteiger charge is -2.34. The molecule has 15 amide bonds. The average molecular weight is 1630 g/mol. The van der Waals surface area contributed by atoms with Crippen LogP contribution in [-0.4, -0.2) is 211 Å². The number of nitrogens with two attached hydrogens (primary N) is 7. The molecular weight excluding hydrogens is 1490 g/mol. The number of nitrogens with zero attached hydrogens (tertiary/aromatic N) is 2. The van der Waals surface area contributed by atoms with Gasteiger partial charge in [0, 0.05) is 20.0 Å². The Hall–Kier alpha value is -9.75. The first-order valence-electron chi connectivity index (χ1n) is 40.5. The van der Waals surface area contributed by atoms with Crippen LogP contribution in [0, 0.1) is 35.5 Å². The van der Waals surface area contributed by atoms with E-state index >= 15 is 0 Å². The average Bonchev–Trinajstić information content (AvgIpc) is 0.933. The van der Waals surface area contributed by atoms with Crippen molar-refractivity contribution >= 4 is 101 Å². The van der Waals surface area contributed by atoms with E-state index in [4.69, 9.17) is 40.1 Å². The van der Waals surface area contributed by atoms with Crippen LogP contribution in [0.2, 0.25) is 0 Å². The lowest BCUT2D eigenvalue weighted by Crippen LogP contribution is -2.64. The first kappa shape index (κ1) is 103. The number of amides is 15. The minimum Gasteiger partial charge on any atom is -0.370 e. The summed E-state index contributed by atoms with van der Waals surface area (Å²) in [6.07, 6.45) is 7.49. The van der Waals surface area contributed by atoms with E-state index in [-0.39, 0.29) is 126 Å². The zero-order valence-electron chi connectivity index (χ0n) is 70.6. The number of guanidine groups is 2. The predicted molar refractivity (Wildman–Crippen MR) is 439 cm³/mol. The third-order valence-electron chi connectivity index (χ3n) is 19.1. The van der Waals surface area contributed by atoms with E-state index < -0.39 is 191 Å². The zero-order chi connectivity index (χ0) is 87.5. The van der Waals surface area contributed by atoms with Crippen molar-refractivity contribution in [3.05, 3.63) is 12.2 Å². The maximum Gasteiger partial charge on any atom is 0.246 e. The fourth-order valence-electron chi connectivity index (χ4n) is 12.6. The summed E-state index contributed by atoms with van der Waals surface area (Å²) in [7, 11) is 0. The molecule has 0 fully saturated rings. The summed E-state index contributed by atoms with van der Waals surface area (Å²) in [5.74, 6) is -13.9. The molecule has 1 aliphatic heterocycles. The van der Waals surface area contributed by atoms with Crippen molar-refractivity contribution in [2.24, 2.45) is 85.6 Å². The molecule has 115 heavy (non-hydrogen) atoms. The molecule has 28 N–H and O–H groups in total. The highest BCUT2D eigenvalue weighted by Crippen LogP contribution is 2.22. The monoisotopic (exact) mass is 1630 g/mol. The van der Waals surface area contributed by atoms with Crippen molar-refractivity contribution in [1.29, 1.82) is 0 Å². The summed E-state index contributed by atoms with van der Waals surface area (Å²) >= 11 is 0. The molecule has 0 unspecified atom stereocenters. The standard InChI is InChI=1S/C77H141N23O15/c1-43(2)38-54(94-71(113)61(48(11)12)96-66(108)50(89-49(13)101)28-20-24-34-78)63(105)87-41-57(102)90-51(30-26-36-85-74(81)82)65(107)93-56(40-45(5)6)67(109)97-60(47(9)10)70(112)92-53(29-21-25-35-79)69(111)100-76(14)32-22-18-16-17-19-23-33-77(15,73(115)98-59(46(7)8)62(80)104)99-68(110)52(31-27-37-86-75(83)84)91-58(103)42-88-64(106)55(39-44(3)4)95-72(76)114/h16-17,43-48,50-56,59-61H,18-42,78-79H2,1-15H3,(H2,80,104)(H,87,105)(H,88,106)(H,89,101)(H,90,102)(H,91,103)(H,92,112)(H,93,107)(H,94,113)(H,95,114)(H,96,108)(H,97,109)(H,98,115)(H,99,110)(H,100,111)(H4,81,82,85)(H4,83,84,86)/b17-16-/t50-,51-,52-,53-,54-,55-,56-,59-,60-,61-,76-,77-/m0/s1. The highest BCUT2D eigenvalue weighted by Gasteiger charge is 2.43. The molecule has 38 heteroatoms. The van der Waals surface area contributed by atoms with Gasteiger partial charge in [-0.3, -0.25) is 81.9 Å². The van der Waals surface area contributed by atoms with Gasteiger partial charge < -0.3 is 115 Å². The lowest BCUT2D eigenvalue weighted by molar-refractivity contribution is -0.138. The topological polar surface area (TPSA) is 631 Å². The van der Waals surface area contributed by atoms with Gasteiger partial charge in [-0.15, -0.1) is 0 Å². The van der Waals surface area contributed by atoms with Crippen molar-refractivity contribution < 1.29 is 71.9 Å². The second kappa shape index (κ2) is 53.4. The second-order valence-corrected chi connectivity index (χ2v) is 32.5. The Bertz CT molecular complexity index is 3290. The molecule has 0 aromatic rings. The molecule has 0 radical (unpaired) electrons. The lowest BCUT2D eigenvalue weighted by atomic mass is 9.90. The van der Waals surface area contributed by atoms with Gasteiger partial charge in [-0.2, -0.15) is 0 Å². The Morgan fingerprint density at radius 2 is 0.957 bits per heavy atom. The zero-order valence-corrected chi connectivity index (χ0v) is 70.6. The SMILES string of the molecule is CC(=O)N[C@@H](CCCCN)C(=O)N[C@H](C(=O)N[C@@H](CC(C)C)C(=O)NCC(=O)N[C@@H](CCCN=C(N)N)C(=O)N[C@@H](CC(C)C)C(=O)N[C@H](C(=O)N[C@@H](CCCCN)C(=O)N[C@@]1(C)CCC/C=C\CCC[C@@](C)(C(=O)N[C@H](C(N)=O)C(C)C)NC(=O)[C@H](CCCN=C(N)N)NC(=O)CNC(=O)[C@H](CC(C)C)NC1=O)C(C)C)C(C)C. The second-order valence-electron chi connectivity index (χ2n) is 32.5. The molecule has 0 saturated carbocycles. The van der Waals surface area contributed by atoms with Crippen molar-refractivity contribution in [3.63, 3.8) is 0 Å². The van der Waals surface area contributed by atoms with Crippen LogP contribution in [0.25, 0.3) is 0 Å². The number of rotatable bonds is 45. The van der Waals surface area contributed by atoms with Gasteiger partial charge in [0.1, 0.15) is 71.5 Å². The van der Waals surface area contributed by atoms with Gasteiger partial charge >= 0.3 is 0 Å². The van der Waals surface area contributed by atoms with Crippen LogP contribution in [-0.2, 0) is 71.9 Å². The van der Waals surface area contributed by atoms with E-state index in [2.05, 4.69) is 84.4 Å². The summed E-state index contributed by atoms with van der Waals surface area (Å²) in [6.45, 7) is 24.4. The Labute approximate surface area is 678 Å². The van der Waals surface area contributed by atoms with Crippen LogP contribution < -0.4 is 115 Å². The van der Waals surface area contributed by atoms with E-state index in [1.54, 1.807) is 69.2 Å². The Morgan fingerprint density at radius 1 is 0.496 bits per heavy atom. The van der Waals surface area contributed by atoms with Gasteiger partial charge in [-0.05, 0) is 184 Å². The molecular formula is C77H141N23O15. The normalized spacial score (nSPS) is 19.7. The van der Waals surface area contributed by atoms with E-state index in [0.717, 1.165) is 0 Å². The molecule has 38 nitrogen and oxygen atoms in total. The fourth-order valence-corrected chi connectivity index (χ4v) is 12.6. The summed E-state index contributed by atoms with van der Waals surface area (Å²) in [5.41, 5.74) is 36.1. The molecule has 1 heterocycles. The van der Waals surface area contributed by atoms with Gasteiger partial charge in [-0.25, -0.2) is 0 Å². The van der Waals surface area contributed by atoms with E-state index in [9.17, 15) is 71.9 Å². The van der Waals surface area contributed by atoms with E-state index in [0.29, 0.717) is 51.5 Å². The Balaban J connectivity index is 3.78. The van der Waals surface area contributed by atoms with Crippen molar-refractivity contribution in [1.82, 2.24) is 74.4 Å². The summed E-state index contributed by atoms with van der Waals surface area (Å²) in [6, 6.07) is -12.4. The molecule has 0 aromatic heterocycles. The number of unbranched alkanes of at least 4 members (excludes halogenated alkanes) is 2. The number of allylic oxidation sites excluding steroid dienone is 2.